The third-order valence-corrected chi connectivity index (χ3v) is 3.78. The van der Waals surface area contributed by atoms with Gasteiger partial charge in [-0.05, 0) is 23.9 Å². The summed E-state index contributed by atoms with van der Waals surface area (Å²) in [5.41, 5.74) is 1.18. The number of carbonyl (C=O) groups is 1. The maximum absolute atomic E-state index is 12.2. The number of hydrogen-bond donors (Lipinski definition) is 1. The van der Waals surface area contributed by atoms with Gasteiger partial charge in [0.15, 0.2) is 12.4 Å². The number of benzene rings is 2. The number of carbonyl (C=O) groups excluding carboxylic acids is 1. The zero-order valence-corrected chi connectivity index (χ0v) is 13.1. The molecule has 1 heterocycles. The fourth-order valence-electron chi connectivity index (χ4n) is 2.49. The quantitative estimate of drug-likeness (QED) is 0.456. The molecule has 6 nitrogen and oxygen atoms in total. The Balaban J connectivity index is 1.77. The summed E-state index contributed by atoms with van der Waals surface area (Å²) in [5, 5.41) is 15.7. The van der Waals surface area contributed by atoms with Crippen LogP contribution >= 0.6 is 0 Å². The molecule has 0 bridgehead atoms. The van der Waals surface area contributed by atoms with Crippen LogP contribution in [0.15, 0.2) is 60.9 Å². The third-order valence-electron chi connectivity index (χ3n) is 3.78. The van der Waals surface area contributed by atoms with Gasteiger partial charge in [-0.1, -0.05) is 24.3 Å². The summed E-state index contributed by atoms with van der Waals surface area (Å²) >= 11 is 0. The van der Waals surface area contributed by atoms with Crippen LogP contribution < -0.4 is 9.88 Å². The SMILES string of the molecule is Cc1ccc([N+](=O)[O-])cc1NC(=O)C[n+]1ccc2ccccc2c1. The van der Waals surface area contributed by atoms with Crippen LogP contribution in [-0.2, 0) is 11.3 Å². The molecule has 0 unspecified atom stereocenters. The Morgan fingerprint density at radius 3 is 2.67 bits per heavy atom. The number of pyridine rings is 1. The maximum atomic E-state index is 12.2. The van der Waals surface area contributed by atoms with Crippen molar-refractivity contribution in [1.29, 1.82) is 0 Å². The number of aromatic nitrogens is 1. The fraction of sp³-hybridized carbons (Fsp3) is 0.111. The van der Waals surface area contributed by atoms with Crippen LogP contribution in [0.2, 0.25) is 0 Å². The summed E-state index contributed by atoms with van der Waals surface area (Å²) in [5.74, 6) is -0.237. The Morgan fingerprint density at radius 1 is 1.17 bits per heavy atom. The van der Waals surface area contributed by atoms with Gasteiger partial charge in [0, 0.05) is 23.6 Å². The lowest BCUT2D eigenvalue weighted by Gasteiger charge is -2.07. The minimum atomic E-state index is -0.479. The van der Waals surface area contributed by atoms with Crippen molar-refractivity contribution in [1.82, 2.24) is 0 Å². The molecule has 0 aliphatic carbocycles. The molecule has 0 spiro atoms. The van der Waals surface area contributed by atoms with Crippen LogP contribution in [0.4, 0.5) is 11.4 Å². The van der Waals surface area contributed by atoms with Gasteiger partial charge < -0.3 is 5.32 Å². The second-order valence-corrected chi connectivity index (χ2v) is 5.55. The highest BCUT2D eigenvalue weighted by molar-refractivity contribution is 5.91. The molecule has 1 N–H and O–H groups in total. The smallest absolute Gasteiger partial charge is 0.290 e. The number of anilines is 1. The van der Waals surface area contributed by atoms with Crippen LogP contribution in [0.3, 0.4) is 0 Å². The van der Waals surface area contributed by atoms with Gasteiger partial charge in [-0.25, -0.2) is 0 Å². The Morgan fingerprint density at radius 2 is 1.92 bits per heavy atom. The van der Waals surface area contributed by atoms with Crippen molar-refractivity contribution in [3.05, 3.63) is 76.6 Å². The molecule has 24 heavy (non-hydrogen) atoms. The summed E-state index contributed by atoms with van der Waals surface area (Å²) in [7, 11) is 0. The Hall–Kier alpha value is -3.28. The van der Waals surface area contributed by atoms with Gasteiger partial charge in [0.2, 0.25) is 6.54 Å². The van der Waals surface area contributed by atoms with E-state index >= 15 is 0 Å². The number of non-ortho nitro benzene ring substituents is 1. The van der Waals surface area contributed by atoms with E-state index in [1.54, 1.807) is 17.6 Å². The van der Waals surface area contributed by atoms with Crippen LogP contribution in [-0.4, -0.2) is 10.8 Å². The first kappa shape index (κ1) is 15.6. The molecular formula is C18H16N3O3+. The average molecular weight is 322 g/mol. The molecule has 0 fully saturated rings. The van der Waals surface area contributed by atoms with Crippen LogP contribution in [0.25, 0.3) is 10.8 Å². The normalized spacial score (nSPS) is 10.5. The average Bonchev–Trinajstić information content (AvgIpc) is 2.56. The largest absolute Gasteiger partial charge is 0.320 e. The molecule has 1 aromatic heterocycles. The number of amides is 1. The number of aryl methyl sites for hydroxylation is 1. The highest BCUT2D eigenvalue weighted by atomic mass is 16.6. The van der Waals surface area contributed by atoms with Gasteiger partial charge in [0.05, 0.1) is 10.6 Å². The molecule has 2 aromatic carbocycles. The van der Waals surface area contributed by atoms with Gasteiger partial charge in [-0.3, -0.25) is 14.9 Å². The zero-order valence-electron chi connectivity index (χ0n) is 13.1. The summed E-state index contributed by atoms with van der Waals surface area (Å²) in [4.78, 5) is 22.6. The van der Waals surface area contributed by atoms with Gasteiger partial charge in [-0.2, -0.15) is 4.57 Å². The summed E-state index contributed by atoms with van der Waals surface area (Å²) in [6.07, 6.45) is 3.73. The summed E-state index contributed by atoms with van der Waals surface area (Å²) in [6, 6.07) is 14.3. The predicted molar refractivity (Wildman–Crippen MR) is 90.6 cm³/mol. The molecule has 0 saturated carbocycles. The fourth-order valence-corrected chi connectivity index (χ4v) is 2.49. The minimum absolute atomic E-state index is 0.0470. The molecular weight excluding hydrogens is 306 g/mol. The number of fused-ring (bicyclic) bond motifs is 1. The van der Waals surface area contributed by atoms with Crippen molar-refractivity contribution in [2.24, 2.45) is 0 Å². The molecule has 3 rings (SSSR count). The molecule has 1 amide bonds. The van der Waals surface area contributed by atoms with E-state index in [4.69, 9.17) is 0 Å². The van der Waals surface area contributed by atoms with E-state index < -0.39 is 4.92 Å². The van der Waals surface area contributed by atoms with Crippen LogP contribution in [0.5, 0.6) is 0 Å². The summed E-state index contributed by atoms with van der Waals surface area (Å²) < 4.78 is 1.78. The van der Waals surface area contributed by atoms with Gasteiger partial charge in [-0.15, -0.1) is 0 Å². The lowest BCUT2D eigenvalue weighted by atomic mass is 10.2. The lowest BCUT2D eigenvalue weighted by Crippen LogP contribution is -2.39. The number of nitro benzene ring substituents is 1. The molecule has 120 valence electrons. The zero-order chi connectivity index (χ0) is 17.1. The van der Waals surface area contributed by atoms with E-state index in [1.165, 1.54) is 12.1 Å². The van der Waals surface area contributed by atoms with Crippen molar-refractivity contribution < 1.29 is 14.3 Å². The lowest BCUT2D eigenvalue weighted by molar-refractivity contribution is -0.682. The summed E-state index contributed by atoms with van der Waals surface area (Å²) in [6.45, 7) is 1.93. The van der Waals surface area contributed by atoms with Gasteiger partial charge in [0.25, 0.3) is 11.6 Å². The third kappa shape index (κ3) is 3.38. The molecule has 0 aliphatic rings. The van der Waals surface area contributed by atoms with Crippen molar-refractivity contribution in [2.75, 3.05) is 5.32 Å². The molecule has 0 radical (unpaired) electrons. The van der Waals surface area contributed by atoms with Crippen molar-refractivity contribution >= 4 is 28.1 Å². The van der Waals surface area contributed by atoms with E-state index in [2.05, 4.69) is 5.32 Å². The van der Waals surface area contributed by atoms with Crippen molar-refractivity contribution in [2.45, 2.75) is 13.5 Å². The monoisotopic (exact) mass is 322 g/mol. The molecule has 0 aliphatic heterocycles. The van der Waals surface area contributed by atoms with E-state index in [0.29, 0.717) is 5.69 Å². The molecule has 0 saturated heterocycles. The van der Waals surface area contributed by atoms with Crippen LogP contribution in [0, 0.1) is 17.0 Å². The van der Waals surface area contributed by atoms with E-state index in [1.807, 2.05) is 42.7 Å². The van der Waals surface area contributed by atoms with E-state index in [-0.39, 0.29) is 18.1 Å². The topological polar surface area (TPSA) is 76.1 Å². The number of nitrogens with zero attached hydrogens (tertiary/aromatic N) is 2. The van der Waals surface area contributed by atoms with Gasteiger partial charge >= 0.3 is 0 Å². The first-order valence-electron chi connectivity index (χ1n) is 7.46. The number of rotatable bonds is 4. The highest BCUT2D eigenvalue weighted by Gasteiger charge is 2.14. The van der Waals surface area contributed by atoms with E-state index in [9.17, 15) is 14.9 Å². The first-order chi connectivity index (χ1) is 11.5. The molecule has 0 atom stereocenters. The second kappa shape index (κ2) is 6.45. The standard InChI is InChI=1S/C18H15N3O3/c1-13-6-7-16(21(23)24)10-17(13)19-18(22)12-20-9-8-14-4-2-3-5-15(14)11-20/h2-11H,12H2,1H3/p+1. The van der Waals surface area contributed by atoms with Crippen molar-refractivity contribution in [3.8, 4) is 0 Å². The second-order valence-electron chi connectivity index (χ2n) is 5.55. The highest BCUT2D eigenvalue weighted by Crippen LogP contribution is 2.21. The Labute approximate surface area is 138 Å². The molecule has 3 aromatic rings. The predicted octanol–water partition coefficient (Wildman–Crippen LogP) is 2.98. The number of nitro groups is 1. The maximum Gasteiger partial charge on any atom is 0.290 e. The Kier molecular flexibility index (Phi) is 4.20. The number of hydrogen-bond acceptors (Lipinski definition) is 3. The van der Waals surface area contributed by atoms with Crippen molar-refractivity contribution in [3.63, 3.8) is 0 Å². The molecule has 6 heteroatoms. The Bertz CT molecular complexity index is 938. The van der Waals surface area contributed by atoms with Crippen LogP contribution in [0.1, 0.15) is 5.56 Å². The van der Waals surface area contributed by atoms with Gasteiger partial charge in [0.1, 0.15) is 0 Å². The first-order valence-corrected chi connectivity index (χ1v) is 7.46. The minimum Gasteiger partial charge on any atom is -0.320 e. The number of nitrogens with one attached hydrogen (secondary N) is 1. The van der Waals surface area contributed by atoms with E-state index in [0.717, 1.165) is 16.3 Å².